The molecular weight excluding hydrogens is 124 g/mol. The Morgan fingerprint density at radius 1 is 1.67 bits per heavy atom. The van der Waals surface area contributed by atoms with Crippen molar-refractivity contribution in [3.05, 3.63) is 0 Å². The highest BCUT2D eigenvalue weighted by Gasteiger charge is 2.23. The van der Waals surface area contributed by atoms with Crippen LogP contribution >= 0.6 is 0 Å². The van der Waals surface area contributed by atoms with Crippen LogP contribution < -0.4 is 0 Å². The van der Waals surface area contributed by atoms with E-state index in [4.69, 9.17) is 10.4 Å². The summed E-state index contributed by atoms with van der Waals surface area (Å²) in [6.45, 7) is 2.19. The van der Waals surface area contributed by atoms with Gasteiger partial charge >= 0.3 is 0 Å². The molecule has 0 saturated heterocycles. The summed E-state index contributed by atoms with van der Waals surface area (Å²) in [7, 11) is 0. The maximum absolute atomic E-state index is 10.5. The zero-order chi connectivity index (χ0) is 7.49. The van der Waals surface area contributed by atoms with Gasteiger partial charge in [-0.25, -0.2) is 4.89 Å². The molecule has 0 aliphatic rings. The van der Waals surface area contributed by atoms with E-state index in [2.05, 4.69) is 4.89 Å². The highest BCUT2D eigenvalue weighted by molar-refractivity contribution is 5.87. The molecule has 54 valence electrons. The van der Waals surface area contributed by atoms with Crippen molar-refractivity contribution in [2.75, 3.05) is 6.61 Å². The van der Waals surface area contributed by atoms with Crippen LogP contribution in [0.15, 0.2) is 0 Å². The Hall–Kier alpha value is -0.450. The molecule has 0 fully saturated rings. The van der Waals surface area contributed by atoms with Crippen LogP contribution in [0.1, 0.15) is 13.8 Å². The molecule has 0 atom stereocenters. The Labute approximate surface area is 53.0 Å². The summed E-state index contributed by atoms with van der Waals surface area (Å²) in [5.74, 6) is -0.551. The van der Waals surface area contributed by atoms with Gasteiger partial charge in [0.25, 0.3) is 0 Å². The number of ketones is 1. The van der Waals surface area contributed by atoms with Gasteiger partial charge in [-0.3, -0.25) is 10.1 Å². The molecule has 4 nitrogen and oxygen atoms in total. The SMILES string of the molecule is CC(C)(O)C(=O)COO. The highest BCUT2D eigenvalue weighted by Crippen LogP contribution is 2.01. The van der Waals surface area contributed by atoms with E-state index < -0.39 is 18.0 Å². The van der Waals surface area contributed by atoms with Gasteiger partial charge in [0.15, 0.2) is 5.78 Å². The number of hydrogen-bond acceptors (Lipinski definition) is 4. The second kappa shape index (κ2) is 2.91. The molecule has 0 heterocycles. The van der Waals surface area contributed by atoms with E-state index in [0.29, 0.717) is 0 Å². The van der Waals surface area contributed by atoms with Gasteiger partial charge in [0, 0.05) is 0 Å². The van der Waals surface area contributed by atoms with Crippen molar-refractivity contribution in [2.24, 2.45) is 0 Å². The smallest absolute Gasteiger partial charge is 0.192 e. The van der Waals surface area contributed by atoms with E-state index in [9.17, 15) is 4.79 Å². The van der Waals surface area contributed by atoms with Gasteiger partial charge in [-0.1, -0.05) is 0 Å². The number of carbonyl (C=O) groups excluding carboxylic acids is 1. The van der Waals surface area contributed by atoms with Crippen LogP contribution in [0.4, 0.5) is 0 Å². The topological polar surface area (TPSA) is 66.8 Å². The van der Waals surface area contributed by atoms with Gasteiger partial charge in [0.1, 0.15) is 12.2 Å². The van der Waals surface area contributed by atoms with Crippen LogP contribution in [-0.2, 0) is 9.68 Å². The monoisotopic (exact) mass is 134 g/mol. The zero-order valence-corrected chi connectivity index (χ0v) is 5.42. The van der Waals surface area contributed by atoms with Crippen molar-refractivity contribution < 1.29 is 20.0 Å². The molecule has 0 aromatic carbocycles. The first-order chi connectivity index (χ1) is 3.98. The van der Waals surface area contributed by atoms with E-state index in [-0.39, 0.29) is 0 Å². The van der Waals surface area contributed by atoms with Gasteiger partial charge in [0.05, 0.1) is 0 Å². The largest absolute Gasteiger partial charge is 0.383 e. The number of aliphatic hydroxyl groups is 1. The van der Waals surface area contributed by atoms with Crippen molar-refractivity contribution in [1.29, 1.82) is 0 Å². The van der Waals surface area contributed by atoms with E-state index in [0.717, 1.165) is 0 Å². The van der Waals surface area contributed by atoms with Crippen molar-refractivity contribution in [3.63, 3.8) is 0 Å². The molecule has 9 heavy (non-hydrogen) atoms. The molecule has 0 unspecified atom stereocenters. The highest BCUT2D eigenvalue weighted by atomic mass is 17.1. The summed E-state index contributed by atoms with van der Waals surface area (Å²) in [5, 5.41) is 16.6. The van der Waals surface area contributed by atoms with Crippen molar-refractivity contribution in [3.8, 4) is 0 Å². The molecular formula is C5H10O4. The summed E-state index contributed by atoms with van der Waals surface area (Å²) < 4.78 is 0. The normalized spacial score (nSPS) is 11.6. The summed E-state index contributed by atoms with van der Waals surface area (Å²) in [6.07, 6.45) is 0. The van der Waals surface area contributed by atoms with E-state index >= 15 is 0 Å². The number of carbonyl (C=O) groups is 1. The predicted octanol–water partition coefficient (Wildman–Crippen LogP) is -0.184. The average molecular weight is 134 g/mol. The van der Waals surface area contributed by atoms with E-state index in [1.54, 1.807) is 0 Å². The Morgan fingerprint density at radius 2 is 2.11 bits per heavy atom. The van der Waals surface area contributed by atoms with Gasteiger partial charge in [-0.2, -0.15) is 0 Å². The maximum Gasteiger partial charge on any atom is 0.192 e. The fourth-order valence-electron chi connectivity index (χ4n) is 0.235. The first-order valence-electron chi connectivity index (χ1n) is 2.50. The first-order valence-corrected chi connectivity index (χ1v) is 2.50. The van der Waals surface area contributed by atoms with Gasteiger partial charge in [0.2, 0.25) is 0 Å². The molecule has 0 saturated carbocycles. The van der Waals surface area contributed by atoms with Crippen LogP contribution in [0.5, 0.6) is 0 Å². The molecule has 2 N–H and O–H groups in total. The van der Waals surface area contributed by atoms with Crippen molar-refractivity contribution in [1.82, 2.24) is 0 Å². The second-order valence-electron chi connectivity index (χ2n) is 2.26. The minimum atomic E-state index is -1.41. The quantitative estimate of drug-likeness (QED) is 0.415. The molecule has 0 rings (SSSR count). The molecule has 0 amide bonds. The van der Waals surface area contributed by atoms with Crippen molar-refractivity contribution >= 4 is 5.78 Å². The third-order valence-electron chi connectivity index (χ3n) is 0.878. The van der Waals surface area contributed by atoms with Crippen LogP contribution in [0.2, 0.25) is 0 Å². The van der Waals surface area contributed by atoms with Crippen LogP contribution in [-0.4, -0.2) is 28.4 Å². The van der Waals surface area contributed by atoms with E-state index in [1.165, 1.54) is 13.8 Å². The number of hydrogen-bond donors (Lipinski definition) is 2. The lowest BCUT2D eigenvalue weighted by molar-refractivity contribution is -0.241. The van der Waals surface area contributed by atoms with Crippen LogP contribution in [0, 0.1) is 0 Å². The Morgan fingerprint density at radius 3 is 2.22 bits per heavy atom. The predicted molar refractivity (Wildman–Crippen MR) is 29.9 cm³/mol. The zero-order valence-electron chi connectivity index (χ0n) is 5.42. The third kappa shape index (κ3) is 3.18. The minimum absolute atomic E-state index is 0.469. The number of rotatable bonds is 3. The molecule has 0 radical (unpaired) electrons. The molecule has 4 heteroatoms. The van der Waals surface area contributed by atoms with Crippen LogP contribution in [0.3, 0.4) is 0 Å². The summed E-state index contributed by atoms with van der Waals surface area (Å²) in [4.78, 5) is 14.1. The second-order valence-corrected chi connectivity index (χ2v) is 2.26. The molecule has 0 aromatic rings. The fraction of sp³-hybridized carbons (Fsp3) is 0.800. The number of Topliss-reactive ketones (excluding diaryl/α,β-unsaturated/α-hetero) is 1. The molecule has 0 aromatic heterocycles. The third-order valence-corrected chi connectivity index (χ3v) is 0.878. The Balaban J connectivity index is 3.74. The fourth-order valence-corrected chi connectivity index (χ4v) is 0.235. The summed E-state index contributed by atoms with van der Waals surface area (Å²) >= 11 is 0. The molecule has 0 spiro atoms. The summed E-state index contributed by atoms with van der Waals surface area (Å²) in [5.41, 5.74) is -1.41. The molecule has 0 aliphatic heterocycles. The average Bonchev–Trinajstić information content (AvgIpc) is 1.64. The minimum Gasteiger partial charge on any atom is -0.383 e. The maximum atomic E-state index is 10.5. The van der Waals surface area contributed by atoms with Gasteiger partial charge < -0.3 is 5.11 Å². The Bertz CT molecular complexity index is 102. The van der Waals surface area contributed by atoms with Crippen LogP contribution in [0.25, 0.3) is 0 Å². The molecule has 0 bridgehead atoms. The summed E-state index contributed by atoms with van der Waals surface area (Å²) in [6, 6.07) is 0. The standard InChI is InChI=1S/C5H10O4/c1-5(2,7)4(6)3-9-8/h7-8H,3H2,1-2H3. The molecule has 0 aliphatic carbocycles. The lowest BCUT2D eigenvalue weighted by atomic mass is 10.1. The van der Waals surface area contributed by atoms with Gasteiger partial charge in [-0.15, -0.1) is 0 Å². The lowest BCUT2D eigenvalue weighted by Crippen LogP contribution is -2.34. The van der Waals surface area contributed by atoms with Gasteiger partial charge in [-0.05, 0) is 13.8 Å². The lowest BCUT2D eigenvalue weighted by Gasteiger charge is -2.12. The Kier molecular flexibility index (Phi) is 2.76. The van der Waals surface area contributed by atoms with E-state index in [1.807, 2.05) is 0 Å². The first kappa shape index (κ1) is 8.55. The van der Waals surface area contributed by atoms with Crippen molar-refractivity contribution in [2.45, 2.75) is 19.4 Å².